The second-order valence-electron chi connectivity index (χ2n) is 4.13. The van der Waals surface area contributed by atoms with Crippen LogP contribution in [0.15, 0.2) is 18.2 Å². The molecule has 0 aromatic heterocycles. The molecule has 0 spiro atoms. The molecule has 2 atom stereocenters. The molecule has 1 saturated carbocycles. The minimum Gasteiger partial charge on any atom is -0.481 e. The van der Waals surface area contributed by atoms with Crippen molar-refractivity contribution in [3.63, 3.8) is 0 Å². The molecule has 1 fully saturated rings. The molecule has 2 unspecified atom stereocenters. The number of rotatable bonds is 2. The molecule has 0 aliphatic heterocycles. The van der Waals surface area contributed by atoms with Crippen LogP contribution in [0.1, 0.15) is 29.9 Å². The Balaban J connectivity index is 2.30. The number of carbonyl (C=O) groups is 1. The molecule has 1 N–H and O–H groups in total. The maximum absolute atomic E-state index is 13.0. The standard InChI is InChI=1S/C12H13FO2/c1-7-2-3-8(13)6-11(7)9-4-5-10(9)12(14)15/h2-3,6,9-10H,4-5H2,1H3,(H,14,15). The fraction of sp³-hybridized carbons (Fsp3) is 0.417. The largest absolute Gasteiger partial charge is 0.481 e. The van der Waals surface area contributed by atoms with Crippen molar-refractivity contribution < 1.29 is 14.3 Å². The number of aryl methyl sites for hydroxylation is 1. The zero-order chi connectivity index (χ0) is 11.0. The van der Waals surface area contributed by atoms with E-state index in [1.54, 1.807) is 6.07 Å². The van der Waals surface area contributed by atoms with Gasteiger partial charge in [0.15, 0.2) is 0 Å². The van der Waals surface area contributed by atoms with Crippen LogP contribution in [0.3, 0.4) is 0 Å². The van der Waals surface area contributed by atoms with E-state index in [2.05, 4.69) is 0 Å². The summed E-state index contributed by atoms with van der Waals surface area (Å²) in [7, 11) is 0. The maximum atomic E-state index is 13.0. The highest BCUT2D eigenvalue weighted by molar-refractivity contribution is 5.72. The summed E-state index contributed by atoms with van der Waals surface area (Å²) in [5.41, 5.74) is 1.83. The van der Waals surface area contributed by atoms with Crippen molar-refractivity contribution in [3.8, 4) is 0 Å². The van der Waals surface area contributed by atoms with E-state index in [0.717, 1.165) is 17.5 Å². The number of carboxylic acid groups (broad SMARTS) is 1. The Bertz CT molecular complexity index is 401. The van der Waals surface area contributed by atoms with E-state index in [1.807, 2.05) is 6.92 Å². The second kappa shape index (κ2) is 3.65. The Morgan fingerprint density at radius 3 is 2.73 bits per heavy atom. The summed E-state index contributed by atoms with van der Waals surface area (Å²) in [6.07, 6.45) is 1.55. The van der Waals surface area contributed by atoms with E-state index >= 15 is 0 Å². The number of hydrogen-bond donors (Lipinski definition) is 1. The zero-order valence-electron chi connectivity index (χ0n) is 8.53. The topological polar surface area (TPSA) is 37.3 Å². The third-order valence-corrected chi connectivity index (χ3v) is 3.23. The molecular formula is C12H13FO2. The predicted molar refractivity (Wildman–Crippen MR) is 54.2 cm³/mol. The molecule has 80 valence electrons. The normalized spacial score (nSPS) is 24.7. The van der Waals surface area contributed by atoms with Crippen molar-refractivity contribution in [1.82, 2.24) is 0 Å². The molecule has 1 aliphatic carbocycles. The summed E-state index contributed by atoms with van der Waals surface area (Å²) in [6.45, 7) is 1.89. The number of benzene rings is 1. The van der Waals surface area contributed by atoms with E-state index in [0.29, 0.717) is 6.42 Å². The monoisotopic (exact) mass is 208 g/mol. The van der Waals surface area contributed by atoms with E-state index in [9.17, 15) is 9.18 Å². The molecule has 15 heavy (non-hydrogen) atoms. The highest BCUT2D eigenvalue weighted by atomic mass is 19.1. The average molecular weight is 208 g/mol. The van der Waals surface area contributed by atoms with Crippen LogP contribution in [-0.4, -0.2) is 11.1 Å². The van der Waals surface area contributed by atoms with Crippen LogP contribution in [0.4, 0.5) is 4.39 Å². The molecule has 1 aromatic rings. The first kappa shape index (κ1) is 10.1. The van der Waals surface area contributed by atoms with Gasteiger partial charge in [-0.2, -0.15) is 0 Å². The van der Waals surface area contributed by atoms with Crippen molar-refractivity contribution in [1.29, 1.82) is 0 Å². The summed E-state index contributed by atoms with van der Waals surface area (Å²) in [5, 5.41) is 8.93. The lowest BCUT2D eigenvalue weighted by molar-refractivity contribution is -0.145. The van der Waals surface area contributed by atoms with Gasteiger partial charge in [0.2, 0.25) is 0 Å². The molecule has 2 nitrogen and oxygen atoms in total. The van der Waals surface area contributed by atoms with E-state index < -0.39 is 5.97 Å². The van der Waals surface area contributed by atoms with Crippen molar-refractivity contribution in [2.45, 2.75) is 25.7 Å². The predicted octanol–water partition coefficient (Wildman–Crippen LogP) is 2.71. The molecule has 2 rings (SSSR count). The first-order valence-electron chi connectivity index (χ1n) is 5.08. The number of aliphatic carboxylic acids is 1. The Morgan fingerprint density at radius 1 is 1.47 bits per heavy atom. The van der Waals surface area contributed by atoms with Gasteiger partial charge in [-0.1, -0.05) is 6.07 Å². The quantitative estimate of drug-likeness (QED) is 0.811. The first-order chi connectivity index (χ1) is 7.09. The van der Waals surface area contributed by atoms with Crippen LogP contribution < -0.4 is 0 Å². The Labute approximate surface area is 87.7 Å². The maximum Gasteiger partial charge on any atom is 0.307 e. The zero-order valence-corrected chi connectivity index (χ0v) is 8.53. The summed E-state index contributed by atoms with van der Waals surface area (Å²) >= 11 is 0. The van der Waals surface area contributed by atoms with Crippen LogP contribution in [0.5, 0.6) is 0 Å². The highest BCUT2D eigenvalue weighted by Gasteiger charge is 2.38. The molecule has 0 radical (unpaired) electrons. The molecule has 0 saturated heterocycles. The van der Waals surface area contributed by atoms with Gasteiger partial charge >= 0.3 is 5.97 Å². The number of carboxylic acids is 1. The highest BCUT2D eigenvalue weighted by Crippen LogP contribution is 2.43. The van der Waals surface area contributed by atoms with Crippen LogP contribution in [-0.2, 0) is 4.79 Å². The molecule has 3 heteroatoms. The third-order valence-electron chi connectivity index (χ3n) is 3.23. The Kier molecular flexibility index (Phi) is 2.47. The van der Waals surface area contributed by atoms with E-state index in [4.69, 9.17) is 5.11 Å². The minimum absolute atomic E-state index is 0.00167. The van der Waals surface area contributed by atoms with Gasteiger partial charge in [0, 0.05) is 0 Å². The van der Waals surface area contributed by atoms with Gasteiger partial charge in [-0.15, -0.1) is 0 Å². The van der Waals surface area contributed by atoms with Gasteiger partial charge in [-0.3, -0.25) is 4.79 Å². The molecule has 0 amide bonds. The lowest BCUT2D eigenvalue weighted by Crippen LogP contribution is -2.31. The summed E-state index contributed by atoms with van der Waals surface area (Å²) in [4.78, 5) is 10.9. The lowest BCUT2D eigenvalue weighted by Gasteiger charge is -2.34. The summed E-state index contributed by atoms with van der Waals surface area (Å²) in [5.74, 6) is -1.38. The van der Waals surface area contributed by atoms with Gasteiger partial charge < -0.3 is 5.11 Å². The lowest BCUT2D eigenvalue weighted by atomic mass is 9.69. The van der Waals surface area contributed by atoms with Crippen LogP contribution in [0.2, 0.25) is 0 Å². The summed E-state index contributed by atoms with van der Waals surface area (Å²) in [6, 6.07) is 4.59. The second-order valence-corrected chi connectivity index (χ2v) is 4.13. The molecule has 0 heterocycles. The van der Waals surface area contributed by atoms with Crippen LogP contribution in [0, 0.1) is 18.7 Å². The van der Waals surface area contributed by atoms with E-state index in [1.165, 1.54) is 12.1 Å². The number of hydrogen-bond acceptors (Lipinski definition) is 1. The average Bonchev–Trinajstić information content (AvgIpc) is 2.08. The van der Waals surface area contributed by atoms with Crippen molar-refractivity contribution in [2.75, 3.05) is 0 Å². The van der Waals surface area contributed by atoms with Gasteiger partial charge in [0.1, 0.15) is 5.82 Å². The fourth-order valence-corrected chi connectivity index (χ4v) is 2.18. The molecular weight excluding hydrogens is 195 g/mol. The van der Waals surface area contributed by atoms with Gasteiger partial charge in [-0.05, 0) is 48.9 Å². The van der Waals surface area contributed by atoms with Crippen LogP contribution >= 0.6 is 0 Å². The third kappa shape index (κ3) is 1.74. The molecule has 1 aromatic carbocycles. The molecule has 1 aliphatic rings. The Morgan fingerprint density at radius 2 is 2.20 bits per heavy atom. The number of halogens is 1. The van der Waals surface area contributed by atoms with Gasteiger partial charge in [0.25, 0.3) is 0 Å². The summed E-state index contributed by atoms with van der Waals surface area (Å²) < 4.78 is 13.0. The van der Waals surface area contributed by atoms with Gasteiger partial charge in [0.05, 0.1) is 5.92 Å². The van der Waals surface area contributed by atoms with E-state index in [-0.39, 0.29) is 17.7 Å². The minimum atomic E-state index is -0.769. The fourth-order valence-electron chi connectivity index (χ4n) is 2.18. The smallest absolute Gasteiger partial charge is 0.307 e. The first-order valence-corrected chi connectivity index (χ1v) is 5.08. The van der Waals surface area contributed by atoms with Crippen molar-refractivity contribution >= 4 is 5.97 Å². The van der Waals surface area contributed by atoms with Gasteiger partial charge in [-0.25, -0.2) is 4.39 Å². The van der Waals surface area contributed by atoms with Crippen LogP contribution in [0.25, 0.3) is 0 Å². The molecule has 0 bridgehead atoms. The Hall–Kier alpha value is -1.38. The SMILES string of the molecule is Cc1ccc(F)cc1C1CCC1C(=O)O. The van der Waals surface area contributed by atoms with Crippen molar-refractivity contribution in [3.05, 3.63) is 35.1 Å². The van der Waals surface area contributed by atoms with Crippen molar-refractivity contribution in [2.24, 2.45) is 5.92 Å².